The molecule has 1 aromatic rings. The Kier molecular flexibility index (Phi) is 3.62. The molecule has 2 fully saturated rings. The van der Waals surface area contributed by atoms with Crippen molar-refractivity contribution in [2.75, 3.05) is 13.8 Å². The van der Waals surface area contributed by atoms with Crippen LogP contribution in [0.4, 0.5) is 0 Å². The van der Waals surface area contributed by atoms with Gasteiger partial charge in [-0.3, -0.25) is 9.59 Å². The van der Waals surface area contributed by atoms with Crippen molar-refractivity contribution in [2.45, 2.75) is 44.8 Å². The van der Waals surface area contributed by atoms with Gasteiger partial charge in [-0.05, 0) is 37.5 Å². The predicted octanol–water partition coefficient (Wildman–Crippen LogP) is 1.84. The molecular weight excluding hydrogens is 334 g/mol. The highest BCUT2D eigenvalue weighted by atomic mass is 16.7. The number of piperazine rings is 1. The first-order valence-corrected chi connectivity index (χ1v) is 8.83. The summed E-state index contributed by atoms with van der Waals surface area (Å²) < 4.78 is 10.8. The number of rotatable bonds is 2. The van der Waals surface area contributed by atoms with Crippen molar-refractivity contribution < 1.29 is 19.1 Å². The van der Waals surface area contributed by atoms with E-state index in [1.54, 1.807) is 24.9 Å². The van der Waals surface area contributed by atoms with Crippen LogP contribution in [0.3, 0.4) is 0 Å². The van der Waals surface area contributed by atoms with Gasteiger partial charge in [-0.2, -0.15) is 5.26 Å². The molecule has 26 heavy (non-hydrogen) atoms. The van der Waals surface area contributed by atoms with Crippen molar-refractivity contribution in [2.24, 2.45) is 5.41 Å². The molecule has 4 rings (SSSR count). The van der Waals surface area contributed by atoms with Gasteiger partial charge in [0.2, 0.25) is 18.6 Å². The van der Waals surface area contributed by atoms with E-state index in [9.17, 15) is 14.9 Å². The third-order valence-corrected chi connectivity index (χ3v) is 6.09. The molecule has 0 aliphatic carbocycles. The van der Waals surface area contributed by atoms with E-state index in [2.05, 4.69) is 6.07 Å². The number of fused-ring (bicyclic) bond motifs is 2. The highest BCUT2D eigenvalue weighted by Gasteiger charge is 2.60. The number of benzene rings is 1. The van der Waals surface area contributed by atoms with Gasteiger partial charge < -0.3 is 19.3 Å². The summed E-state index contributed by atoms with van der Waals surface area (Å²) in [6.07, 6.45) is 0.898. The fraction of sp³-hybridized carbons (Fsp3) is 0.526. The largest absolute Gasteiger partial charge is 0.454 e. The van der Waals surface area contributed by atoms with Crippen LogP contribution < -0.4 is 9.47 Å². The van der Waals surface area contributed by atoms with Crippen LogP contribution in [-0.4, -0.2) is 47.5 Å². The van der Waals surface area contributed by atoms with E-state index in [0.29, 0.717) is 24.3 Å². The van der Waals surface area contributed by atoms with E-state index in [-0.39, 0.29) is 18.6 Å². The number of carbonyl (C=O) groups is 2. The predicted molar refractivity (Wildman–Crippen MR) is 91.1 cm³/mol. The molecule has 7 nitrogen and oxygen atoms in total. The topological polar surface area (TPSA) is 82.9 Å². The van der Waals surface area contributed by atoms with Crippen molar-refractivity contribution >= 4 is 11.8 Å². The highest BCUT2D eigenvalue weighted by molar-refractivity contribution is 5.97. The van der Waals surface area contributed by atoms with Gasteiger partial charge in [0.1, 0.15) is 12.1 Å². The third-order valence-electron chi connectivity index (χ3n) is 6.09. The summed E-state index contributed by atoms with van der Waals surface area (Å²) in [6.45, 7) is 3.82. The minimum atomic E-state index is -0.811. The van der Waals surface area contributed by atoms with E-state index in [1.165, 1.54) is 4.90 Å². The van der Waals surface area contributed by atoms with Gasteiger partial charge in [0.25, 0.3) is 0 Å². The lowest BCUT2D eigenvalue weighted by Gasteiger charge is -2.42. The highest BCUT2D eigenvalue weighted by Crippen LogP contribution is 2.54. The summed E-state index contributed by atoms with van der Waals surface area (Å²) in [6, 6.07) is 6.31. The van der Waals surface area contributed by atoms with E-state index in [1.807, 2.05) is 19.1 Å². The van der Waals surface area contributed by atoms with Crippen LogP contribution >= 0.6 is 0 Å². The summed E-state index contributed by atoms with van der Waals surface area (Å²) in [5.74, 6) is 1.03. The van der Waals surface area contributed by atoms with Crippen LogP contribution in [0.2, 0.25) is 0 Å². The maximum absolute atomic E-state index is 13.1. The van der Waals surface area contributed by atoms with Crippen molar-refractivity contribution in [3.05, 3.63) is 23.8 Å². The van der Waals surface area contributed by atoms with Gasteiger partial charge >= 0.3 is 0 Å². The van der Waals surface area contributed by atoms with Gasteiger partial charge in [-0.1, -0.05) is 13.0 Å². The maximum atomic E-state index is 13.1. The summed E-state index contributed by atoms with van der Waals surface area (Å²) in [5, 5.41) is 10.0. The second-order valence-electron chi connectivity index (χ2n) is 7.23. The van der Waals surface area contributed by atoms with Crippen molar-refractivity contribution in [3.63, 3.8) is 0 Å². The molecule has 0 spiro atoms. The van der Waals surface area contributed by atoms with Gasteiger partial charge in [0.15, 0.2) is 11.5 Å². The zero-order valence-electron chi connectivity index (χ0n) is 15.1. The number of hydrogen-bond acceptors (Lipinski definition) is 5. The quantitative estimate of drug-likeness (QED) is 0.808. The number of nitrogens with zero attached hydrogens (tertiary/aromatic N) is 3. The second kappa shape index (κ2) is 5.63. The SMILES string of the molecule is CC[C@]1(C#N)C[C@H]2C(=O)N(C)[C@H](C)C(=O)N2C1c1ccc2c(c1)OCO2. The standard InChI is InChI=1S/C19H21N3O4/c1-4-19(9-20)8-13-18(24)21(3)11(2)17(23)22(13)16(19)12-5-6-14-15(7-12)26-10-25-14/h5-7,11,13,16H,4,8,10H2,1-3H3/t11-,13+,16?,19-/m1/s1. The minimum absolute atomic E-state index is 0.103. The third kappa shape index (κ3) is 2.05. The van der Waals surface area contributed by atoms with E-state index < -0.39 is 23.5 Å². The molecule has 3 aliphatic heterocycles. The fourth-order valence-corrected chi connectivity index (χ4v) is 4.38. The van der Waals surface area contributed by atoms with Gasteiger partial charge in [-0.25, -0.2) is 0 Å². The molecule has 3 heterocycles. The maximum Gasteiger partial charge on any atom is 0.246 e. The average Bonchev–Trinajstić information content (AvgIpc) is 3.26. The van der Waals surface area contributed by atoms with Gasteiger partial charge in [0.05, 0.1) is 17.5 Å². The number of hydrogen-bond donors (Lipinski definition) is 0. The lowest BCUT2D eigenvalue weighted by atomic mass is 9.75. The normalized spacial score (nSPS) is 32.6. The summed E-state index contributed by atoms with van der Waals surface area (Å²) >= 11 is 0. The second-order valence-corrected chi connectivity index (χ2v) is 7.23. The Bertz CT molecular complexity index is 833. The van der Waals surface area contributed by atoms with E-state index in [0.717, 1.165) is 5.56 Å². The number of ether oxygens (including phenoxy) is 2. The van der Waals surface area contributed by atoms with Crippen LogP contribution in [-0.2, 0) is 9.59 Å². The fourth-order valence-electron chi connectivity index (χ4n) is 4.38. The van der Waals surface area contributed by atoms with Crippen LogP contribution in [0.5, 0.6) is 11.5 Å². The lowest BCUT2D eigenvalue weighted by molar-refractivity contribution is -0.159. The van der Waals surface area contributed by atoms with Crippen molar-refractivity contribution in [1.29, 1.82) is 5.26 Å². The van der Waals surface area contributed by atoms with Crippen LogP contribution in [0.1, 0.15) is 38.3 Å². The first kappa shape index (κ1) is 16.7. The molecule has 2 amide bonds. The van der Waals surface area contributed by atoms with E-state index in [4.69, 9.17) is 9.47 Å². The Hall–Kier alpha value is -2.75. The molecule has 0 bridgehead atoms. The number of carbonyl (C=O) groups excluding carboxylic acids is 2. The summed E-state index contributed by atoms with van der Waals surface area (Å²) in [4.78, 5) is 29.0. The molecule has 3 aliphatic rings. The van der Waals surface area contributed by atoms with Gasteiger partial charge in [-0.15, -0.1) is 0 Å². The molecule has 136 valence electrons. The molecule has 2 saturated heterocycles. The molecule has 1 unspecified atom stereocenters. The van der Waals surface area contributed by atoms with Gasteiger partial charge in [0, 0.05) is 7.05 Å². The van der Waals surface area contributed by atoms with Crippen molar-refractivity contribution in [1.82, 2.24) is 9.80 Å². The molecule has 1 aromatic carbocycles. The molecule has 0 radical (unpaired) electrons. The lowest BCUT2D eigenvalue weighted by Crippen LogP contribution is -2.60. The molecule has 4 atom stereocenters. The first-order valence-electron chi connectivity index (χ1n) is 8.83. The Morgan fingerprint density at radius 2 is 2.00 bits per heavy atom. The minimum Gasteiger partial charge on any atom is -0.454 e. The summed E-state index contributed by atoms with van der Waals surface area (Å²) in [5.41, 5.74) is -0.00717. The summed E-state index contributed by atoms with van der Waals surface area (Å²) in [7, 11) is 1.65. The molecule has 7 heteroatoms. The Morgan fingerprint density at radius 1 is 1.27 bits per heavy atom. The zero-order valence-corrected chi connectivity index (χ0v) is 15.1. The average molecular weight is 355 g/mol. The first-order chi connectivity index (χ1) is 12.4. The number of likely N-dealkylation sites (N-methyl/N-ethyl adjacent to an activating group) is 1. The van der Waals surface area contributed by atoms with Crippen molar-refractivity contribution in [3.8, 4) is 17.6 Å². The zero-order chi connectivity index (χ0) is 18.6. The Morgan fingerprint density at radius 3 is 2.69 bits per heavy atom. The molecule has 0 saturated carbocycles. The molecule has 0 aromatic heterocycles. The molecule has 0 N–H and O–H groups in total. The van der Waals surface area contributed by atoms with Crippen LogP contribution in [0.15, 0.2) is 18.2 Å². The molecular formula is C19H21N3O4. The number of nitriles is 1. The Labute approximate surface area is 152 Å². The monoisotopic (exact) mass is 355 g/mol. The Balaban J connectivity index is 1.85. The number of amides is 2. The van der Waals surface area contributed by atoms with E-state index >= 15 is 0 Å². The van der Waals surface area contributed by atoms with Crippen LogP contribution in [0, 0.1) is 16.7 Å². The van der Waals surface area contributed by atoms with Crippen LogP contribution in [0.25, 0.3) is 0 Å². The smallest absolute Gasteiger partial charge is 0.246 e.